The first-order valence-electron chi connectivity index (χ1n) is 7.17. The SMILES string of the molecule is C[C@H](c1ccccc1)N1CCC[C@@]2(CN(C)C2=O)C1. The molecule has 2 heterocycles. The van der Waals surface area contributed by atoms with Gasteiger partial charge in [0.25, 0.3) is 0 Å². The highest BCUT2D eigenvalue weighted by atomic mass is 16.2. The summed E-state index contributed by atoms with van der Waals surface area (Å²) in [6.45, 7) is 5.21. The van der Waals surface area contributed by atoms with E-state index in [9.17, 15) is 4.79 Å². The Morgan fingerprint density at radius 1 is 1.21 bits per heavy atom. The molecule has 3 rings (SSSR count). The summed E-state index contributed by atoms with van der Waals surface area (Å²) >= 11 is 0. The van der Waals surface area contributed by atoms with Gasteiger partial charge < -0.3 is 4.90 Å². The lowest BCUT2D eigenvalue weighted by molar-refractivity contribution is -0.164. The van der Waals surface area contributed by atoms with Crippen LogP contribution in [-0.4, -0.2) is 42.4 Å². The average Bonchev–Trinajstić information content (AvgIpc) is 2.47. The first-order valence-corrected chi connectivity index (χ1v) is 7.17. The van der Waals surface area contributed by atoms with Gasteiger partial charge in [-0.25, -0.2) is 0 Å². The Labute approximate surface area is 115 Å². The topological polar surface area (TPSA) is 23.6 Å². The molecule has 2 fully saturated rings. The first-order chi connectivity index (χ1) is 9.12. The minimum Gasteiger partial charge on any atom is -0.344 e. The lowest BCUT2D eigenvalue weighted by Gasteiger charge is -2.53. The molecule has 2 atom stereocenters. The highest BCUT2D eigenvalue weighted by molar-refractivity contribution is 5.88. The highest BCUT2D eigenvalue weighted by Gasteiger charge is 2.52. The number of benzene rings is 1. The second-order valence-corrected chi connectivity index (χ2v) is 6.10. The smallest absolute Gasteiger partial charge is 0.231 e. The maximum atomic E-state index is 12.1. The monoisotopic (exact) mass is 258 g/mol. The third-order valence-electron chi connectivity index (χ3n) is 4.78. The normalized spacial score (nSPS) is 29.4. The van der Waals surface area contributed by atoms with E-state index in [4.69, 9.17) is 0 Å². The van der Waals surface area contributed by atoms with E-state index in [-0.39, 0.29) is 5.41 Å². The van der Waals surface area contributed by atoms with Gasteiger partial charge in [-0.15, -0.1) is 0 Å². The van der Waals surface area contributed by atoms with Gasteiger partial charge in [-0.05, 0) is 31.9 Å². The summed E-state index contributed by atoms with van der Waals surface area (Å²) < 4.78 is 0. The van der Waals surface area contributed by atoms with Crippen LogP contribution in [-0.2, 0) is 4.79 Å². The number of rotatable bonds is 2. The molecule has 102 valence electrons. The number of carbonyl (C=O) groups is 1. The molecule has 19 heavy (non-hydrogen) atoms. The zero-order valence-electron chi connectivity index (χ0n) is 11.8. The maximum Gasteiger partial charge on any atom is 0.231 e. The van der Waals surface area contributed by atoms with E-state index >= 15 is 0 Å². The molecule has 3 heteroatoms. The Bertz CT molecular complexity index is 469. The van der Waals surface area contributed by atoms with Gasteiger partial charge in [0, 0.05) is 26.2 Å². The summed E-state index contributed by atoms with van der Waals surface area (Å²) in [6, 6.07) is 11.0. The minimum absolute atomic E-state index is 0.0734. The quantitative estimate of drug-likeness (QED) is 0.760. The molecule has 1 aromatic carbocycles. The summed E-state index contributed by atoms with van der Waals surface area (Å²) in [6.07, 6.45) is 2.20. The number of nitrogens with zero attached hydrogens (tertiary/aromatic N) is 2. The molecule has 2 aliphatic heterocycles. The predicted octanol–water partition coefficient (Wildman–Crippen LogP) is 2.30. The molecule has 1 amide bonds. The van der Waals surface area contributed by atoms with E-state index in [2.05, 4.69) is 42.2 Å². The van der Waals surface area contributed by atoms with E-state index in [1.807, 2.05) is 11.9 Å². The van der Waals surface area contributed by atoms with E-state index in [1.165, 1.54) is 5.56 Å². The molecule has 0 saturated carbocycles. The molecule has 0 N–H and O–H groups in total. The van der Waals surface area contributed by atoms with Gasteiger partial charge in [-0.3, -0.25) is 9.69 Å². The van der Waals surface area contributed by atoms with Crippen molar-refractivity contribution in [1.82, 2.24) is 9.80 Å². The van der Waals surface area contributed by atoms with E-state index < -0.39 is 0 Å². The van der Waals surface area contributed by atoms with Crippen LogP contribution in [0, 0.1) is 5.41 Å². The van der Waals surface area contributed by atoms with Crippen LogP contribution in [0.2, 0.25) is 0 Å². The largest absolute Gasteiger partial charge is 0.344 e. The summed E-state index contributed by atoms with van der Waals surface area (Å²) in [5.41, 5.74) is 1.27. The average molecular weight is 258 g/mol. The van der Waals surface area contributed by atoms with Crippen molar-refractivity contribution in [2.75, 3.05) is 26.7 Å². The van der Waals surface area contributed by atoms with Crippen molar-refractivity contribution in [3.63, 3.8) is 0 Å². The molecule has 0 radical (unpaired) electrons. The lowest BCUT2D eigenvalue weighted by Crippen LogP contribution is -2.65. The number of β-lactam (4-membered cyclic amide) rings is 1. The van der Waals surface area contributed by atoms with Crippen molar-refractivity contribution in [2.24, 2.45) is 5.41 Å². The highest BCUT2D eigenvalue weighted by Crippen LogP contribution is 2.41. The Kier molecular flexibility index (Phi) is 3.09. The van der Waals surface area contributed by atoms with Crippen molar-refractivity contribution in [3.05, 3.63) is 35.9 Å². The standard InChI is InChI=1S/C16H22N2O/c1-13(14-7-4-3-5-8-14)18-10-6-9-16(12-18)11-17(2)15(16)19/h3-5,7-8,13H,6,9-12H2,1-2H3/t13-,16-/m1/s1. The van der Waals surface area contributed by atoms with Crippen LogP contribution in [0.1, 0.15) is 31.4 Å². The van der Waals surface area contributed by atoms with E-state index in [0.717, 1.165) is 32.5 Å². The summed E-state index contributed by atoms with van der Waals surface area (Å²) in [5.74, 6) is 0.345. The van der Waals surface area contributed by atoms with Crippen molar-refractivity contribution in [2.45, 2.75) is 25.8 Å². The van der Waals surface area contributed by atoms with Crippen LogP contribution >= 0.6 is 0 Å². The van der Waals surface area contributed by atoms with Crippen LogP contribution in [0.15, 0.2) is 30.3 Å². The zero-order chi connectivity index (χ0) is 13.5. The molecule has 0 aromatic heterocycles. The Hall–Kier alpha value is -1.35. The van der Waals surface area contributed by atoms with Crippen LogP contribution < -0.4 is 0 Å². The summed E-state index contributed by atoms with van der Waals surface area (Å²) in [4.78, 5) is 16.5. The van der Waals surface area contributed by atoms with Crippen molar-refractivity contribution in [1.29, 1.82) is 0 Å². The number of hydrogen-bond acceptors (Lipinski definition) is 2. The molecule has 0 unspecified atom stereocenters. The fourth-order valence-corrected chi connectivity index (χ4v) is 3.65. The van der Waals surface area contributed by atoms with Crippen molar-refractivity contribution < 1.29 is 4.79 Å². The second kappa shape index (κ2) is 4.64. The third-order valence-corrected chi connectivity index (χ3v) is 4.78. The van der Waals surface area contributed by atoms with Crippen LogP contribution in [0.25, 0.3) is 0 Å². The Morgan fingerprint density at radius 2 is 1.95 bits per heavy atom. The number of amides is 1. The molecule has 3 nitrogen and oxygen atoms in total. The molecule has 2 aliphatic rings. The predicted molar refractivity (Wildman–Crippen MR) is 75.7 cm³/mol. The van der Waals surface area contributed by atoms with Crippen LogP contribution in [0.3, 0.4) is 0 Å². The molecule has 0 bridgehead atoms. The third kappa shape index (κ3) is 2.06. The summed E-state index contributed by atoms with van der Waals surface area (Å²) in [7, 11) is 1.91. The van der Waals surface area contributed by atoms with Crippen LogP contribution in [0.5, 0.6) is 0 Å². The van der Waals surface area contributed by atoms with Gasteiger partial charge in [0.15, 0.2) is 0 Å². The fraction of sp³-hybridized carbons (Fsp3) is 0.562. The van der Waals surface area contributed by atoms with Crippen molar-refractivity contribution in [3.8, 4) is 0 Å². The Morgan fingerprint density at radius 3 is 2.58 bits per heavy atom. The van der Waals surface area contributed by atoms with Gasteiger partial charge in [0.2, 0.25) is 5.91 Å². The molecule has 0 aliphatic carbocycles. The molecule has 2 saturated heterocycles. The summed E-state index contributed by atoms with van der Waals surface area (Å²) in [5, 5.41) is 0. The van der Waals surface area contributed by atoms with Gasteiger partial charge in [0.05, 0.1) is 5.41 Å². The first kappa shape index (κ1) is 12.7. The molecule has 1 spiro atoms. The van der Waals surface area contributed by atoms with Gasteiger partial charge >= 0.3 is 0 Å². The number of piperidine rings is 1. The van der Waals surface area contributed by atoms with Crippen LogP contribution in [0.4, 0.5) is 0 Å². The van der Waals surface area contributed by atoms with Gasteiger partial charge in [0.1, 0.15) is 0 Å². The van der Waals surface area contributed by atoms with Gasteiger partial charge in [-0.2, -0.15) is 0 Å². The second-order valence-electron chi connectivity index (χ2n) is 6.10. The maximum absolute atomic E-state index is 12.1. The Balaban J connectivity index is 1.74. The van der Waals surface area contributed by atoms with E-state index in [1.54, 1.807) is 0 Å². The molecular weight excluding hydrogens is 236 g/mol. The fourth-order valence-electron chi connectivity index (χ4n) is 3.65. The van der Waals surface area contributed by atoms with Crippen molar-refractivity contribution >= 4 is 5.91 Å². The zero-order valence-corrected chi connectivity index (χ0v) is 11.8. The lowest BCUT2D eigenvalue weighted by atomic mass is 9.72. The molecule has 1 aromatic rings. The minimum atomic E-state index is -0.0734. The number of likely N-dealkylation sites (tertiary alicyclic amines) is 2. The van der Waals surface area contributed by atoms with Gasteiger partial charge in [-0.1, -0.05) is 30.3 Å². The van der Waals surface area contributed by atoms with E-state index in [0.29, 0.717) is 11.9 Å². The number of hydrogen-bond donors (Lipinski definition) is 0. The number of carbonyl (C=O) groups excluding carboxylic acids is 1. The molecular formula is C16H22N2O.